The summed E-state index contributed by atoms with van der Waals surface area (Å²) in [6, 6.07) is 0. The molecular formula is C17H41Cl2O2Si3Ti. The minimum absolute atomic E-state index is 0. The molecule has 25 heavy (non-hydrogen) atoms. The summed E-state index contributed by atoms with van der Waals surface area (Å²) in [5.74, 6) is 0.233. The minimum atomic E-state index is -5.53. The van der Waals surface area contributed by atoms with Crippen LogP contribution in [0.3, 0.4) is 0 Å². The second-order valence-electron chi connectivity index (χ2n) is 10.7. The van der Waals surface area contributed by atoms with Gasteiger partial charge in [-0.3, -0.25) is 0 Å². The van der Waals surface area contributed by atoms with Crippen LogP contribution in [0.15, 0.2) is 20.6 Å². The van der Waals surface area contributed by atoms with Gasteiger partial charge < -0.3 is 0 Å². The Bertz CT molecular complexity index is 849. The van der Waals surface area contributed by atoms with Gasteiger partial charge in [-0.15, -0.1) is 24.8 Å². The molecule has 0 saturated carbocycles. The molecule has 2 nitrogen and oxygen atoms in total. The Kier molecular flexibility index (Phi) is 7.21. The van der Waals surface area contributed by atoms with Crippen LogP contribution in [0.5, 0.6) is 0 Å². The molecule has 8 heteroatoms. The van der Waals surface area contributed by atoms with Crippen molar-refractivity contribution in [1.82, 2.24) is 0 Å². The van der Waals surface area contributed by atoms with E-state index in [9.17, 15) is 0 Å². The average molecular weight is 481 g/mol. The summed E-state index contributed by atoms with van der Waals surface area (Å²) in [7, 11) is -0.195. The smallest absolute Gasteiger partial charge is 0.147 e. The summed E-state index contributed by atoms with van der Waals surface area (Å²) in [4.78, 5) is 0. The molecule has 0 aliphatic heterocycles. The zero-order valence-electron chi connectivity index (χ0n) is 18.2. The number of halogens is 2. The third kappa shape index (κ3) is 3.74. The third-order valence-electron chi connectivity index (χ3n) is 7.80. The first-order valence-electron chi connectivity index (χ1n) is 9.12. The van der Waals surface area contributed by atoms with Crippen LogP contribution < -0.4 is 0 Å². The van der Waals surface area contributed by atoms with E-state index in [0.29, 0.717) is 4.73 Å². The van der Waals surface area contributed by atoms with Gasteiger partial charge in [-0.25, -0.2) is 0 Å². The van der Waals surface area contributed by atoms with Crippen molar-refractivity contribution < 1.29 is 17.4 Å². The van der Waals surface area contributed by atoms with E-state index < -0.39 is 26.1 Å². The van der Waals surface area contributed by atoms with Crippen molar-refractivity contribution in [1.29, 1.82) is 0 Å². The van der Waals surface area contributed by atoms with Crippen LogP contribution in [0.1, 0.15) is 34.6 Å². The van der Waals surface area contributed by atoms with Gasteiger partial charge in [0.15, 0.2) is 0 Å². The molecule has 0 aromatic rings. The first kappa shape index (κ1) is 28.4. The fourth-order valence-electron chi connectivity index (χ4n) is 5.25. The third-order valence-corrected chi connectivity index (χ3v) is 68.7. The molecule has 1 rings (SSSR count). The zero-order chi connectivity index (χ0) is 18.8. The molecule has 1 aliphatic carbocycles. The van der Waals surface area contributed by atoms with E-state index in [-0.39, 0.29) is 30.7 Å². The molecule has 0 aromatic heterocycles. The topological polar surface area (TPSA) is 26.3 Å². The van der Waals surface area contributed by atoms with Gasteiger partial charge >= 0.3 is 144 Å². The van der Waals surface area contributed by atoms with E-state index in [1.807, 2.05) is 7.63 Å². The normalized spacial score (nSPS) is 23.4. The molecule has 1 aliphatic rings. The van der Waals surface area contributed by atoms with Crippen molar-refractivity contribution in [2.75, 3.05) is 0 Å². The molecule has 0 radical (unpaired) electrons. The molecule has 0 aromatic carbocycles. The van der Waals surface area contributed by atoms with Gasteiger partial charge in [0.1, 0.15) is 0 Å². The van der Waals surface area contributed by atoms with Crippen LogP contribution in [0.25, 0.3) is 0 Å². The molecule has 0 bridgehead atoms. The predicted molar refractivity (Wildman–Crippen MR) is 124 cm³/mol. The summed E-state index contributed by atoms with van der Waals surface area (Å²) >= 11 is -5.53. The van der Waals surface area contributed by atoms with E-state index in [0.717, 1.165) is 0 Å². The predicted octanol–water partition coefficient (Wildman–Crippen LogP) is 5.98. The molecule has 151 valence electrons. The minimum Gasteiger partial charge on any atom is -0.147 e. The monoisotopic (exact) mass is 479 g/mol. The maximum absolute atomic E-state index is 15.8. The summed E-state index contributed by atoms with van der Waals surface area (Å²) in [5.41, 5.74) is 3.94. The molecule has 0 spiro atoms. The van der Waals surface area contributed by atoms with Crippen LogP contribution in [-0.4, -0.2) is 22.6 Å². The number of hydrogen-bond acceptors (Lipinski definition) is 2. The van der Waals surface area contributed by atoms with Gasteiger partial charge in [0.05, 0.1) is 0 Å². The fraction of sp³-hybridized carbons (Fsp3) is 0.765. The van der Waals surface area contributed by atoms with Crippen molar-refractivity contribution in [2.24, 2.45) is 5.92 Å². The zero-order valence-corrected chi connectivity index (χ0v) is 25.0. The average Bonchev–Trinajstić information content (AvgIpc) is 2.52. The molecule has 1 atom stereocenters. The molecule has 0 N–H and O–H groups in total. The van der Waals surface area contributed by atoms with E-state index in [1.54, 1.807) is 0 Å². The molecule has 0 heterocycles. The van der Waals surface area contributed by atoms with Gasteiger partial charge in [0.2, 0.25) is 0 Å². The number of allylic oxidation sites excluding steroid dienone is 4. The Morgan fingerprint density at radius 2 is 1.52 bits per heavy atom. The fourth-order valence-corrected chi connectivity index (χ4v) is 52.7. The van der Waals surface area contributed by atoms with Crippen LogP contribution >= 0.6 is 24.8 Å². The summed E-state index contributed by atoms with van der Waals surface area (Å²) in [6.07, 6.45) is 0. The second kappa shape index (κ2) is 6.34. The Morgan fingerprint density at radius 1 is 1.12 bits per heavy atom. The molecule has 1 unspecified atom stereocenters. The quantitative estimate of drug-likeness (QED) is 0.453. The maximum Gasteiger partial charge on any atom is -0.147 e. The van der Waals surface area contributed by atoms with Crippen LogP contribution in [0.2, 0.25) is 42.7 Å². The molecule has 0 fully saturated rings. The van der Waals surface area contributed by atoms with Gasteiger partial charge in [-0.05, 0) is 0 Å². The van der Waals surface area contributed by atoms with E-state index in [4.69, 9.17) is 3.01 Å². The molecule has 0 amide bonds. The first-order valence-corrected chi connectivity index (χ1v) is 26.9. The van der Waals surface area contributed by atoms with Gasteiger partial charge in [-0.2, -0.15) is 0 Å². The van der Waals surface area contributed by atoms with Crippen LogP contribution in [0, 0.1) is 5.92 Å². The van der Waals surface area contributed by atoms with Gasteiger partial charge in [-0.1, -0.05) is 0 Å². The summed E-state index contributed by atoms with van der Waals surface area (Å²) in [6.45, 7) is 20.3. The number of hydrogen-bond donors (Lipinski definition) is 0. The van der Waals surface area contributed by atoms with Gasteiger partial charge in [0, 0.05) is 0 Å². The molecular weight excluding hydrogens is 439 g/mol. The molecule has 0 saturated heterocycles. The number of rotatable bonds is 5. The Hall–Kier alpha value is 1.18. The Morgan fingerprint density at radius 3 is 1.72 bits per heavy atom. The van der Waals surface area contributed by atoms with Crippen molar-refractivity contribution in [3.63, 3.8) is 0 Å². The SMILES string of the molecule is C[CH2][Ti]([CH3])(=[O])(=[SiH2])([O][Si](C)(C)C)([C]1=C(C)C(C)=C(C)C1C)[SiH](C)C.Cl.Cl. The van der Waals surface area contributed by atoms with Crippen molar-refractivity contribution >= 4 is 47.4 Å². The van der Waals surface area contributed by atoms with Crippen LogP contribution in [-0.2, 0) is 17.4 Å². The summed E-state index contributed by atoms with van der Waals surface area (Å²) < 4.78 is 24.7. The van der Waals surface area contributed by atoms with Crippen molar-refractivity contribution in [2.45, 2.75) is 77.3 Å². The van der Waals surface area contributed by atoms with E-state index in [2.05, 4.69) is 72.6 Å². The maximum atomic E-state index is 15.8. The Balaban J connectivity index is 0. The van der Waals surface area contributed by atoms with E-state index >= 15 is 3.32 Å². The Labute approximate surface area is 167 Å². The van der Waals surface area contributed by atoms with Crippen molar-refractivity contribution in [3.05, 3.63) is 20.6 Å². The second-order valence-corrected chi connectivity index (χ2v) is 60.7. The summed E-state index contributed by atoms with van der Waals surface area (Å²) in [5, 5.41) is 2.12. The van der Waals surface area contributed by atoms with Gasteiger partial charge in [0.25, 0.3) is 0 Å². The van der Waals surface area contributed by atoms with Crippen molar-refractivity contribution in [3.8, 4) is 0 Å². The van der Waals surface area contributed by atoms with Crippen LogP contribution in [0.4, 0.5) is 0 Å². The standard InChI is InChI=1S/C9H13.C3H9OSi.C2H7Si.C2H5.CH3.2ClH.O.H2Si.Ti/c1-6-5-7(2)9(4)8(6)3;1-5(2,3)4;1-3-2;1-2;;;;;;/h6H,1-4H3;1-3H3;3H,1-2H3;1H2,2H3;1H3;2*1H;;1H2;/q;-1;;;;;;;;+1. The first-order chi connectivity index (χ1) is 9.80. The van der Waals surface area contributed by atoms with E-state index in [1.165, 1.54) is 20.6 Å². The largest absolute Gasteiger partial charge is 0.147 e.